The van der Waals surface area contributed by atoms with Crippen molar-refractivity contribution in [3.8, 4) is 0 Å². The van der Waals surface area contributed by atoms with Crippen molar-refractivity contribution < 1.29 is 33.3 Å². The number of carbonyl (C=O) groups is 2. The number of anilines is 2. The molecule has 0 aliphatic carbocycles. The Labute approximate surface area is 235 Å². The molecule has 5 atom stereocenters. The first kappa shape index (κ1) is 28.4. The Balaban J connectivity index is 1.32. The molecule has 3 heterocycles. The van der Waals surface area contributed by atoms with Gasteiger partial charge < -0.3 is 23.7 Å². The molecule has 3 fully saturated rings. The Hall–Kier alpha value is -3.18. The highest BCUT2D eigenvalue weighted by Gasteiger charge is 2.68. The van der Waals surface area contributed by atoms with Crippen LogP contribution in [0.2, 0.25) is 0 Å². The number of benzene rings is 2. The molecule has 0 saturated carbocycles. The van der Waals surface area contributed by atoms with Gasteiger partial charge in [0, 0.05) is 11.4 Å². The Morgan fingerprint density at radius 1 is 0.750 bits per heavy atom. The van der Waals surface area contributed by atoms with Crippen molar-refractivity contribution in [2.45, 2.75) is 96.5 Å². The zero-order chi connectivity index (χ0) is 29.1. The number of nitrogens with zero attached hydrogens (tertiary/aromatic N) is 1. The van der Waals surface area contributed by atoms with E-state index in [4.69, 9.17) is 23.7 Å². The average molecular weight is 554 g/mol. The molecule has 3 aliphatic rings. The number of ether oxygens (including phenoxy) is 5. The van der Waals surface area contributed by atoms with Gasteiger partial charge in [0.2, 0.25) is 0 Å². The minimum atomic E-state index is -0.771. The second-order valence-corrected chi connectivity index (χ2v) is 12.8. The summed E-state index contributed by atoms with van der Waals surface area (Å²) < 4.78 is 30.2. The van der Waals surface area contributed by atoms with Gasteiger partial charge in [-0.1, -0.05) is 24.3 Å². The maximum atomic E-state index is 12.2. The van der Waals surface area contributed by atoms with Crippen LogP contribution >= 0.6 is 0 Å². The number of nitrogens with one attached hydrogen (secondary N) is 2. The van der Waals surface area contributed by atoms with E-state index in [2.05, 4.69) is 15.5 Å². The molecule has 2 amide bonds. The number of amides is 2. The maximum Gasteiger partial charge on any atom is 0.412 e. The van der Waals surface area contributed by atoms with Crippen molar-refractivity contribution in [2.75, 3.05) is 17.2 Å². The fourth-order valence-electron chi connectivity index (χ4n) is 5.43. The van der Waals surface area contributed by atoms with E-state index < -0.39 is 40.8 Å². The predicted octanol–water partition coefficient (Wildman–Crippen LogP) is 5.88. The molecule has 10 heteroatoms. The molecule has 2 aromatic carbocycles. The van der Waals surface area contributed by atoms with E-state index in [0.29, 0.717) is 18.0 Å². The van der Waals surface area contributed by atoms with Crippen molar-refractivity contribution in [1.29, 1.82) is 0 Å². The van der Waals surface area contributed by atoms with Gasteiger partial charge in [-0.3, -0.25) is 10.6 Å². The van der Waals surface area contributed by atoms with E-state index in [1.54, 1.807) is 0 Å². The first-order chi connectivity index (χ1) is 18.6. The molecule has 0 radical (unpaired) electrons. The van der Waals surface area contributed by atoms with E-state index in [-0.39, 0.29) is 12.5 Å². The molecule has 0 unspecified atom stereocenters. The highest BCUT2D eigenvalue weighted by molar-refractivity contribution is 5.85. The summed E-state index contributed by atoms with van der Waals surface area (Å²) in [6, 6.07) is 15.0. The van der Waals surface area contributed by atoms with Gasteiger partial charge in [0.25, 0.3) is 0 Å². The first-order valence-electron chi connectivity index (χ1n) is 13.5. The van der Waals surface area contributed by atoms with Gasteiger partial charge in [-0.25, -0.2) is 14.5 Å². The van der Waals surface area contributed by atoms with Gasteiger partial charge in [-0.15, -0.1) is 0 Å². The SMILES string of the molecule is CC(C)(C)OC(=O)Nc1ccc([C@@]2(C)O[C@H]3CO[C@@H]4N3[C@H]2O[C@]4(C)c2ccc(NC(=O)OC(C)(C)C)cc2)cc1. The molecule has 0 aromatic heterocycles. The lowest BCUT2D eigenvalue weighted by Gasteiger charge is -2.33. The van der Waals surface area contributed by atoms with Gasteiger partial charge in [-0.2, -0.15) is 0 Å². The summed E-state index contributed by atoms with van der Waals surface area (Å²) in [6.45, 7) is 15.4. The minimum Gasteiger partial charge on any atom is -0.444 e. The van der Waals surface area contributed by atoms with Crippen LogP contribution < -0.4 is 10.6 Å². The van der Waals surface area contributed by atoms with Gasteiger partial charge in [0.15, 0.2) is 0 Å². The van der Waals surface area contributed by atoms with Crippen LogP contribution in [0.1, 0.15) is 66.5 Å². The molecule has 216 valence electrons. The average Bonchev–Trinajstić information content (AvgIpc) is 3.46. The lowest BCUT2D eigenvalue weighted by atomic mass is 9.93. The van der Waals surface area contributed by atoms with Gasteiger partial charge >= 0.3 is 12.2 Å². The highest BCUT2D eigenvalue weighted by atomic mass is 16.7. The molecule has 0 bridgehead atoms. The summed E-state index contributed by atoms with van der Waals surface area (Å²) >= 11 is 0. The lowest BCUT2D eigenvalue weighted by molar-refractivity contribution is -0.138. The van der Waals surface area contributed by atoms with Crippen molar-refractivity contribution in [3.63, 3.8) is 0 Å². The zero-order valence-electron chi connectivity index (χ0n) is 24.4. The van der Waals surface area contributed by atoms with Crippen molar-refractivity contribution >= 4 is 23.6 Å². The van der Waals surface area contributed by atoms with Gasteiger partial charge in [-0.05, 0) is 90.8 Å². The van der Waals surface area contributed by atoms with E-state index in [9.17, 15) is 9.59 Å². The van der Waals surface area contributed by atoms with Gasteiger partial charge in [0.05, 0.1) is 6.61 Å². The van der Waals surface area contributed by atoms with Crippen molar-refractivity contribution in [1.82, 2.24) is 4.90 Å². The molecule has 0 spiro atoms. The van der Waals surface area contributed by atoms with Crippen LogP contribution in [0.15, 0.2) is 48.5 Å². The second kappa shape index (κ2) is 9.73. The van der Waals surface area contributed by atoms with E-state index in [1.165, 1.54) is 0 Å². The fourth-order valence-corrected chi connectivity index (χ4v) is 5.43. The van der Waals surface area contributed by atoms with Crippen LogP contribution in [0.5, 0.6) is 0 Å². The van der Waals surface area contributed by atoms with Crippen LogP contribution in [0.3, 0.4) is 0 Å². The van der Waals surface area contributed by atoms with Crippen molar-refractivity contribution in [2.24, 2.45) is 0 Å². The third-order valence-corrected chi connectivity index (χ3v) is 7.16. The largest absolute Gasteiger partial charge is 0.444 e. The Bertz CT molecular complexity index is 1190. The maximum absolute atomic E-state index is 12.2. The summed E-state index contributed by atoms with van der Waals surface area (Å²) in [4.78, 5) is 26.5. The third kappa shape index (κ3) is 5.41. The smallest absolute Gasteiger partial charge is 0.412 e. The molecule has 2 aromatic rings. The fraction of sp³-hybridized carbons (Fsp3) is 0.533. The summed E-state index contributed by atoms with van der Waals surface area (Å²) in [6.07, 6.45) is -2.02. The summed E-state index contributed by atoms with van der Waals surface area (Å²) in [5, 5.41) is 5.53. The highest BCUT2D eigenvalue weighted by Crippen LogP contribution is 2.55. The van der Waals surface area contributed by atoms with Crippen LogP contribution in [-0.4, -0.2) is 53.6 Å². The summed E-state index contributed by atoms with van der Waals surface area (Å²) in [7, 11) is 0. The normalized spacial score (nSPS) is 29.6. The van der Waals surface area contributed by atoms with Crippen LogP contribution in [0.4, 0.5) is 21.0 Å². The second-order valence-electron chi connectivity index (χ2n) is 12.8. The molecule has 3 saturated heterocycles. The Morgan fingerprint density at radius 3 is 1.60 bits per heavy atom. The van der Waals surface area contributed by atoms with E-state index >= 15 is 0 Å². The Kier molecular flexibility index (Phi) is 6.89. The number of hydrogen-bond acceptors (Lipinski definition) is 8. The molecule has 2 N–H and O–H groups in total. The minimum absolute atomic E-state index is 0.255. The Morgan fingerprint density at radius 2 is 1.18 bits per heavy atom. The molecule has 3 aliphatic heterocycles. The predicted molar refractivity (Wildman–Crippen MR) is 149 cm³/mol. The van der Waals surface area contributed by atoms with Crippen LogP contribution in [0.25, 0.3) is 0 Å². The number of carbonyl (C=O) groups excluding carboxylic acids is 2. The van der Waals surface area contributed by atoms with E-state index in [1.807, 2.05) is 104 Å². The molecule has 10 nitrogen and oxygen atoms in total. The zero-order valence-corrected chi connectivity index (χ0v) is 24.4. The van der Waals surface area contributed by atoms with Crippen LogP contribution in [-0.2, 0) is 34.9 Å². The molecule has 5 rings (SSSR count). The standard InChI is InChI=1S/C30H39N3O7/c1-27(2,3)39-25(34)31-20-13-9-18(10-14-20)29(7)23-33-22(17-36-23)37-30(8,24(33)38-29)19-11-15-21(16-12-19)32-26(35)40-28(4,5)6/h9-16,22-24H,17H2,1-8H3,(H,31,34)(H,32,35)/t22-,23-,24-,29+,30+/m0/s1. The van der Waals surface area contributed by atoms with Crippen molar-refractivity contribution in [3.05, 3.63) is 59.7 Å². The third-order valence-electron chi connectivity index (χ3n) is 7.16. The summed E-state index contributed by atoms with van der Waals surface area (Å²) in [5.74, 6) is 0. The monoisotopic (exact) mass is 553 g/mol. The molecular formula is C30H39N3O7. The molecular weight excluding hydrogens is 514 g/mol. The van der Waals surface area contributed by atoms with E-state index in [0.717, 1.165) is 11.1 Å². The molecule has 40 heavy (non-hydrogen) atoms. The van der Waals surface area contributed by atoms with Crippen LogP contribution in [0, 0.1) is 0 Å². The lowest BCUT2D eigenvalue weighted by Crippen LogP contribution is -2.40. The van der Waals surface area contributed by atoms with Gasteiger partial charge in [0.1, 0.15) is 41.1 Å². The first-order valence-corrected chi connectivity index (χ1v) is 13.5. The summed E-state index contributed by atoms with van der Waals surface area (Å²) in [5.41, 5.74) is 0.378. The number of hydrogen-bond donors (Lipinski definition) is 2. The number of rotatable bonds is 4. The topological polar surface area (TPSA) is 108 Å². The quantitative estimate of drug-likeness (QED) is 0.483.